The summed E-state index contributed by atoms with van der Waals surface area (Å²) in [7, 11) is 4.11. The monoisotopic (exact) mass is 316 g/mol. The maximum absolute atomic E-state index is 5.88. The number of nitrogen functional groups attached to an aromatic ring is 1. The number of aromatic nitrogens is 4. The molecule has 0 unspecified atom stereocenters. The zero-order valence-electron chi connectivity index (χ0n) is 12.5. The van der Waals surface area contributed by atoms with Crippen molar-refractivity contribution in [1.29, 1.82) is 0 Å². The smallest absolute Gasteiger partial charge is 0.226 e. The van der Waals surface area contributed by atoms with E-state index < -0.39 is 0 Å². The van der Waals surface area contributed by atoms with Gasteiger partial charge in [0.2, 0.25) is 5.28 Å². The molecule has 2 N–H and O–H groups in total. The molecule has 0 radical (unpaired) electrons. The first kappa shape index (κ1) is 14.7. The van der Waals surface area contributed by atoms with Gasteiger partial charge in [-0.3, -0.25) is 0 Å². The standard InChI is InChI=1S/C15H17ClN6/c1-21(2)7-10-3-5-11(6-4-10)8-22-9-18-12-13(17)19-15(16)20-14(12)22/h3-6,9H,7-8H2,1-2H3,(H2,17,19,20). The average molecular weight is 317 g/mol. The number of halogens is 1. The normalized spacial score (nSPS) is 11.5. The lowest BCUT2D eigenvalue weighted by Crippen LogP contribution is -2.10. The third kappa shape index (κ3) is 3.03. The highest BCUT2D eigenvalue weighted by molar-refractivity contribution is 6.28. The number of anilines is 1. The van der Waals surface area contributed by atoms with E-state index in [4.69, 9.17) is 17.3 Å². The second kappa shape index (κ2) is 5.90. The van der Waals surface area contributed by atoms with Gasteiger partial charge < -0.3 is 15.2 Å². The van der Waals surface area contributed by atoms with E-state index >= 15 is 0 Å². The Labute approximate surface area is 133 Å². The summed E-state index contributed by atoms with van der Waals surface area (Å²) in [5.74, 6) is 0.301. The van der Waals surface area contributed by atoms with E-state index in [0.717, 1.165) is 12.1 Å². The van der Waals surface area contributed by atoms with Crippen molar-refractivity contribution in [2.45, 2.75) is 13.1 Å². The second-order valence-electron chi connectivity index (χ2n) is 5.48. The number of imidazole rings is 1. The lowest BCUT2D eigenvalue weighted by molar-refractivity contribution is 0.402. The topological polar surface area (TPSA) is 72.9 Å². The predicted molar refractivity (Wildman–Crippen MR) is 87.7 cm³/mol. The third-order valence-corrected chi connectivity index (χ3v) is 3.51. The molecule has 0 bridgehead atoms. The van der Waals surface area contributed by atoms with Gasteiger partial charge in [-0.25, -0.2) is 4.98 Å². The molecule has 114 valence electrons. The van der Waals surface area contributed by atoms with Crippen LogP contribution in [0.5, 0.6) is 0 Å². The molecule has 0 aliphatic heterocycles. The first-order valence-corrected chi connectivity index (χ1v) is 7.27. The van der Waals surface area contributed by atoms with Crippen LogP contribution in [0.3, 0.4) is 0 Å². The van der Waals surface area contributed by atoms with Crippen LogP contribution >= 0.6 is 11.6 Å². The Kier molecular flexibility index (Phi) is 3.96. The number of nitrogens with zero attached hydrogens (tertiary/aromatic N) is 5. The van der Waals surface area contributed by atoms with Crippen LogP contribution in [0.25, 0.3) is 11.2 Å². The molecule has 0 fully saturated rings. The molecule has 0 amide bonds. The van der Waals surface area contributed by atoms with E-state index in [1.165, 1.54) is 5.56 Å². The first-order chi connectivity index (χ1) is 10.5. The van der Waals surface area contributed by atoms with E-state index in [1.807, 2.05) is 4.57 Å². The molecular formula is C15H17ClN6. The molecule has 0 spiro atoms. The van der Waals surface area contributed by atoms with Crippen LogP contribution in [0.2, 0.25) is 5.28 Å². The lowest BCUT2D eigenvalue weighted by Gasteiger charge is -2.10. The van der Waals surface area contributed by atoms with Crippen LogP contribution in [-0.4, -0.2) is 38.5 Å². The maximum atomic E-state index is 5.88. The molecule has 3 rings (SSSR count). The molecule has 0 saturated heterocycles. The Balaban J connectivity index is 1.87. The van der Waals surface area contributed by atoms with Crippen molar-refractivity contribution >= 4 is 28.6 Å². The van der Waals surface area contributed by atoms with E-state index in [1.54, 1.807) is 6.33 Å². The van der Waals surface area contributed by atoms with Gasteiger partial charge in [0.05, 0.1) is 12.9 Å². The van der Waals surface area contributed by atoms with Gasteiger partial charge in [-0.15, -0.1) is 0 Å². The summed E-state index contributed by atoms with van der Waals surface area (Å²) < 4.78 is 1.92. The molecule has 22 heavy (non-hydrogen) atoms. The lowest BCUT2D eigenvalue weighted by atomic mass is 10.1. The van der Waals surface area contributed by atoms with E-state index in [2.05, 4.69) is 58.2 Å². The Hall–Kier alpha value is -2.18. The SMILES string of the molecule is CN(C)Cc1ccc(Cn2cnc3c(N)nc(Cl)nc32)cc1. The van der Waals surface area contributed by atoms with Gasteiger partial charge in [0.15, 0.2) is 11.5 Å². The van der Waals surface area contributed by atoms with Gasteiger partial charge in [0.1, 0.15) is 5.52 Å². The Morgan fingerprint density at radius 3 is 2.50 bits per heavy atom. The van der Waals surface area contributed by atoms with E-state index in [9.17, 15) is 0 Å². The molecular weight excluding hydrogens is 300 g/mol. The fourth-order valence-electron chi connectivity index (χ4n) is 2.37. The highest BCUT2D eigenvalue weighted by Gasteiger charge is 2.10. The Morgan fingerprint density at radius 2 is 1.82 bits per heavy atom. The second-order valence-corrected chi connectivity index (χ2v) is 5.81. The summed E-state index contributed by atoms with van der Waals surface area (Å²) in [6.07, 6.45) is 1.71. The van der Waals surface area contributed by atoms with Gasteiger partial charge in [-0.2, -0.15) is 9.97 Å². The summed E-state index contributed by atoms with van der Waals surface area (Å²) in [5.41, 5.74) is 9.48. The van der Waals surface area contributed by atoms with Crippen LogP contribution in [0.4, 0.5) is 5.82 Å². The summed E-state index contributed by atoms with van der Waals surface area (Å²) in [6, 6.07) is 8.48. The number of hydrogen-bond acceptors (Lipinski definition) is 5. The van der Waals surface area contributed by atoms with Crippen molar-refractivity contribution < 1.29 is 0 Å². The van der Waals surface area contributed by atoms with Crippen molar-refractivity contribution in [2.24, 2.45) is 0 Å². The minimum absolute atomic E-state index is 0.132. The number of rotatable bonds is 4. The average Bonchev–Trinajstić information content (AvgIpc) is 2.84. The molecule has 6 nitrogen and oxygen atoms in total. The highest BCUT2D eigenvalue weighted by atomic mass is 35.5. The van der Waals surface area contributed by atoms with Crippen molar-refractivity contribution in [2.75, 3.05) is 19.8 Å². The number of benzene rings is 1. The first-order valence-electron chi connectivity index (χ1n) is 6.89. The molecule has 7 heteroatoms. The van der Waals surface area contributed by atoms with Crippen LogP contribution < -0.4 is 5.73 Å². The zero-order valence-corrected chi connectivity index (χ0v) is 13.2. The van der Waals surface area contributed by atoms with Gasteiger partial charge in [0, 0.05) is 6.54 Å². The zero-order chi connectivity index (χ0) is 15.7. The molecule has 2 aromatic heterocycles. The maximum Gasteiger partial charge on any atom is 0.226 e. The van der Waals surface area contributed by atoms with Gasteiger partial charge >= 0.3 is 0 Å². The van der Waals surface area contributed by atoms with Crippen molar-refractivity contribution in [3.63, 3.8) is 0 Å². The summed E-state index contributed by atoms with van der Waals surface area (Å²) in [5, 5.41) is 0.132. The van der Waals surface area contributed by atoms with Crippen LogP contribution in [0.1, 0.15) is 11.1 Å². The molecule has 0 saturated carbocycles. The minimum atomic E-state index is 0.132. The summed E-state index contributed by atoms with van der Waals surface area (Å²) >= 11 is 5.88. The Bertz CT molecular complexity index is 794. The van der Waals surface area contributed by atoms with E-state index in [0.29, 0.717) is 23.5 Å². The van der Waals surface area contributed by atoms with Crippen LogP contribution in [0.15, 0.2) is 30.6 Å². The Morgan fingerprint density at radius 1 is 1.14 bits per heavy atom. The molecule has 0 aliphatic rings. The molecule has 2 heterocycles. The van der Waals surface area contributed by atoms with E-state index in [-0.39, 0.29) is 5.28 Å². The van der Waals surface area contributed by atoms with Gasteiger partial charge in [-0.1, -0.05) is 24.3 Å². The quantitative estimate of drug-likeness (QED) is 0.747. The van der Waals surface area contributed by atoms with Crippen LogP contribution in [-0.2, 0) is 13.1 Å². The third-order valence-electron chi connectivity index (χ3n) is 3.34. The molecule has 3 aromatic rings. The molecule has 1 aromatic carbocycles. The molecule has 0 atom stereocenters. The number of hydrogen-bond donors (Lipinski definition) is 1. The minimum Gasteiger partial charge on any atom is -0.382 e. The van der Waals surface area contributed by atoms with Crippen molar-refractivity contribution in [3.8, 4) is 0 Å². The number of fused-ring (bicyclic) bond motifs is 1. The van der Waals surface area contributed by atoms with Crippen LogP contribution in [0, 0.1) is 0 Å². The van der Waals surface area contributed by atoms with Crippen molar-refractivity contribution in [3.05, 3.63) is 47.0 Å². The van der Waals surface area contributed by atoms with Gasteiger partial charge in [-0.05, 0) is 36.8 Å². The van der Waals surface area contributed by atoms with Crippen molar-refractivity contribution in [1.82, 2.24) is 24.4 Å². The largest absolute Gasteiger partial charge is 0.382 e. The predicted octanol–water partition coefficient (Wildman–Crippen LogP) is 2.17. The number of nitrogens with two attached hydrogens (primary N) is 1. The fraction of sp³-hybridized carbons (Fsp3) is 0.267. The fourth-order valence-corrected chi connectivity index (χ4v) is 2.54. The summed E-state index contributed by atoms with van der Waals surface area (Å²) in [6.45, 7) is 1.58. The highest BCUT2D eigenvalue weighted by Crippen LogP contribution is 2.19. The van der Waals surface area contributed by atoms with Gasteiger partial charge in [0.25, 0.3) is 0 Å². The molecule has 0 aliphatic carbocycles. The summed E-state index contributed by atoms with van der Waals surface area (Å²) in [4.78, 5) is 14.5.